The summed E-state index contributed by atoms with van der Waals surface area (Å²) in [6, 6.07) is 40.9. The van der Waals surface area contributed by atoms with E-state index in [0.29, 0.717) is 46.1 Å². The van der Waals surface area contributed by atoms with E-state index in [2.05, 4.69) is 15.0 Å². The summed E-state index contributed by atoms with van der Waals surface area (Å²) >= 11 is 0. The second-order valence-electron chi connectivity index (χ2n) is 10.8. The Bertz CT molecular complexity index is 2060. The van der Waals surface area contributed by atoms with Gasteiger partial charge in [-0.3, -0.25) is 15.0 Å². The molecule has 0 aliphatic carbocycles. The summed E-state index contributed by atoms with van der Waals surface area (Å²) in [7, 11) is 0. The molecule has 9 nitrogen and oxygen atoms in total. The Labute approximate surface area is 276 Å². The van der Waals surface area contributed by atoms with Crippen molar-refractivity contribution in [3.63, 3.8) is 0 Å². The smallest absolute Gasteiger partial charge is 0.182 e. The number of pyridine rings is 4. The molecule has 0 radical (unpaired) electrons. The molecule has 8 rings (SSSR count). The van der Waals surface area contributed by atoms with Gasteiger partial charge in [-0.2, -0.15) is 0 Å². The molecule has 0 unspecified atom stereocenters. The predicted octanol–water partition coefficient (Wildman–Crippen LogP) is 7.91. The van der Waals surface area contributed by atoms with Gasteiger partial charge in [-0.15, -0.1) is 0 Å². The number of hydrogen-bond donors (Lipinski definition) is 0. The van der Waals surface area contributed by atoms with E-state index in [-0.39, 0.29) is 0 Å². The van der Waals surface area contributed by atoms with Crippen LogP contribution < -0.4 is 0 Å². The van der Waals surface area contributed by atoms with Crippen LogP contribution in [-0.4, -0.2) is 44.9 Å². The van der Waals surface area contributed by atoms with Gasteiger partial charge in [0.05, 0.1) is 28.5 Å². The van der Waals surface area contributed by atoms with Gasteiger partial charge in [0.25, 0.3) is 0 Å². The average molecular weight is 620 g/mol. The molecular weight excluding hydrogens is 594 g/mol. The second-order valence-corrected chi connectivity index (χ2v) is 10.8. The lowest BCUT2D eigenvalue weighted by Crippen LogP contribution is -2.03. The molecule has 6 aromatic heterocycles. The van der Waals surface area contributed by atoms with Crippen LogP contribution in [0, 0.1) is 0 Å². The number of benzene rings is 2. The van der Waals surface area contributed by atoms with Gasteiger partial charge in [-0.05, 0) is 54.6 Å². The number of nitrogens with zero attached hydrogens (tertiary/aromatic N) is 9. The van der Waals surface area contributed by atoms with Crippen LogP contribution in [-0.2, 0) is 0 Å². The highest BCUT2D eigenvalue weighted by molar-refractivity contribution is 5.76. The number of hydrogen-bond acceptors (Lipinski definition) is 9. The topological polar surface area (TPSA) is 116 Å². The fraction of sp³-hybridized carbons (Fsp3) is 0. The molecule has 0 saturated heterocycles. The summed E-state index contributed by atoms with van der Waals surface area (Å²) < 4.78 is 0. The fourth-order valence-corrected chi connectivity index (χ4v) is 5.23. The van der Waals surface area contributed by atoms with E-state index >= 15 is 0 Å². The van der Waals surface area contributed by atoms with Crippen molar-refractivity contribution in [2.24, 2.45) is 0 Å². The molecule has 226 valence electrons. The van der Waals surface area contributed by atoms with Gasteiger partial charge < -0.3 is 0 Å². The Kier molecular flexibility index (Phi) is 7.66. The minimum Gasteiger partial charge on any atom is -0.264 e. The van der Waals surface area contributed by atoms with Crippen LogP contribution in [0.2, 0.25) is 0 Å². The molecule has 0 N–H and O–H groups in total. The van der Waals surface area contributed by atoms with E-state index in [1.165, 1.54) is 0 Å². The first-order valence-corrected chi connectivity index (χ1v) is 15.3. The van der Waals surface area contributed by atoms with Gasteiger partial charge in [0.2, 0.25) is 0 Å². The molecule has 0 aliphatic heterocycles. The molecule has 8 aromatic rings. The Balaban J connectivity index is 1.36. The summed E-state index contributed by atoms with van der Waals surface area (Å²) in [5, 5.41) is 0. The largest absolute Gasteiger partial charge is 0.264 e. The van der Waals surface area contributed by atoms with Gasteiger partial charge in [0.15, 0.2) is 23.3 Å². The SMILES string of the molecule is c1ccc(-c2nc(-c3cc(-c4ccccn4)nc(-c4ccccn4)c3)cc(-c3nc(-c4ccccc4)nc(-c4cccnc4)n3)n2)cc1. The summed E-state index contributed by atoms with van der Waals surface area (Å²) in [5.74, 6) is 1.96. The molecule has 0 amide bonds. The van der Waals surface area contributed by atoms with Gasteiger partial charge >= 0.3 is 0 Å². The van der Waals surface area contributed by atoms with Crippen molar-refractivity contribution in [1.29, 1.82) is 0 Å². The molecule has 0 saturated carbocycles. The van der Waals surface area contributed by atoms with E-state index in [9.17, 15) is 0 Å². The number of rotatable bonds is 7. The first kappa shape index (κ1) is 28.6. The third kappa shape index (κ3) is 6.03. The molecule has 6 heterocycles. The summed E-state index contributed by atoms with van der Waals surface area (Å²) in [5.41, 5.74) is 7.37. The molecule has 0 bridgehead atoms. The first-order chi connectivity index (χ1) is 23.8. The van der Waals surface area contributed by atoms with Crippen molar-refractivity contribution in [3.8, 4) is 79.7 Å². The van der Waals surface area contributed by atoms with Crippen molar-refractivity contribution in [1.82, 2.24) is 44.9 Å². The Morgan fingerprint density at radius 1 is 0.292 bits per heavy atom. The van der Waals surface area contributed by atoms with Crippen LogP contribution in [0.5, 0.6) is 0 Å². The van der Waals surface area contributed by atoms with Crippen LogP contribution >= 0.6 is 0 Å². The van der Waals surface area contributed by atoms with Crippen LogP contribution in [0.4, 0.5) is 0 Å². The fourth-order valence-electron chi connectivity index (χ4n) is 5.23. The van der Waals surface area contributed by atoms with E-state index in [4.69, 9.17) is 29.9 Å². The van der Waals surface area contributed by atoms with Crippen molar-refractivity contribution < 1.29 is 0 Å². The zero-order valence-corrected chi connectivity index (χ0v) is 25.5. The van der Waals surface area contributed by atoms with E-state index < -0.39 is 0 Å². The lowest BCUT2D eigenvalue weighted by Gasteiger charge is -2.12. The Hall–Kier alpha value is -6.87. The van der Waals surface area contributed by atoms with Crippen molar-refractivity contribution in [2.75, 3.05) is 0 Å². The normalized spacial score (nSPS) is 10.9. The Morgan fingerprint density at radius 3 is 1.38 bits per heavy atom. The standard InChI is InChI=1S/C39H25N9/c1-3-12-26(13-4-1)36-44-32(29-22-33(30-17-7-9-20-41-30)43-34(23-29)31-18-8-10-21-42-31)24-35(45-36)39-47-37(27-14-5-2-6-15-27)46-38(48-39)28-16-11-19-40-25-28/h1-25H. The summed E-state index contributed by atoms with van der Waals surface area (Å²) in [6.07, 6.45) is 6.97. The maximum atomic E-state index is 5.07. The lowest BCUT2D eigenvalue weighted by molar-refractivity contribution is 1.05. The van der Waals surface area contributed by atoms with Gasteiger partial charge in [0, 0.05) is 47.0 Å². The minimum absolute atomic E-state index is 0.410. The molecule has 0 fully saturated rings. The molecule has 9 heteroatoms. The predicted molar refractivity (Wildman–Crippen MR) is 185 cm³/mol. The minimum atomic E-state index is 0.410. The third-order valence-corrected chi connectivity index (χ3v) is 7.55. The highest BCUT2D eigenvalue weighted by atomic mass is 15.1. The van der Waals surface area contributed by atoms with Crippen LogP contribution in [0.3, 0.4) is 0 Å². The molecule has 2 aromatic carbocycles. The van der Waals surface area contributed by atoms with E-state index in [1.807, 2.05) is 127 Å². The van der Waals surface area contributed by atoms with Crippen molar-refractivity contribution >= 4 is 0 Å². The average Bonchev–Trinajstić information content (AvgIpc) is 3.19. The zero-order valence-electron chi connectivity index (χ0n) is 25.5. The highest BCUT2D eigenvalue weighted by Gasteiger charge is 2.18. The van der Waals surface area contributed by atoms with Crippen LogP contribution in [0.1, 0.15) is 0 Å². The highest BCUT2D eigenvalue weighted by Crippen LogP contribution is 2.32. The van der Waals surface area contributed by atoms with Gasteiger partial charge in [-0.1, -0.05) is 72.8 Å². The maximum absolute atomic E-state index is 5.07. The Morgan fingerprint density at radius 2 is 0.812 bits per heavy atom. The first-order valence-electron chi connectivity index (χ1n) is 15.3. The maximum Gasteiger partial charge on any atom is 0.182 e. The monoisotopic (exact) mass is 619 g/mol. The van der Waals surface area contributed by atoms with Gasteiger partial charge in [0.1, 0.15) is 5.69 Å². The zero-order chi connectivity index (χ0) is 32.1. The molecule has 0 atom stereocenters. The summed E-state index contributed by atoms with van der Waals surface area (Å²) in [4.78, 5) is 43.1. The molecule has 0 spiro atoms. The lowest BCUT2D eigenvalue weighted by atomic mass is 10.1. The van der Waals surface area contributed by atoms with E-state index in [1.54, 1.807) is 24.8 Å². The summed E-state index contributed by atoms with van der Waals surface area (Å²) in [6.45, 7) is 0. The van der Waals surface area contributed by atoms with E-state index in [0.717, 1.165) is 33.6 Å². The quantitative estimate of drug-likeness (QED) is 0.175. The number of aromatic nitrogens is 9. The van der Waals surface area contributed by atoms with Gasteiger partial charge in [-0.25, -0.2) is 29.9 Å². The van der Waals surface area contributed by atoms with Crippen LogP contribution in [0.15, 0.2) is 152 Å². The molecule has 48 heavy (non-hydrogen) atoms. The second kappa shape index (κ2) is 12.9. The van der Waals surface area contributed by atoms with Crippen molar-refractivity contribution in [3.05, 3.63) is 152 Å². The molecule has 0 aliphatic rings. The third-order valence-electron chi connectivity index (χ3n) is 7.55. The van der Waals surface area contributed by atoms with Crippen LogP contribution in [0.25, 0.3) is 79.7 Å². The molecular formula is C39H25N9. The van der Waals surface area contributed by atoms with Crippen molar-refractivity contribution in [2.45, 2.75) is 0 Å².